The number of hydrogen-bond acceptors (Lipinski definition) is 3. The fraction of sp³-hybridized carbons (Fsp3) is 0.158. The lowest BCUT2D eigenvalue weighted by Crippen LogP contribution is -2.30. The number of hydrogen-bond donors (Lipinski definition) is 1. The standard InChI is InChI=1S/C19H17Cl2NO3/c1-13(14-5-3-2-4-6-14)22-18(23)12-25-19(24)10-8-15-7-9-16(20)11-17(15)21/h2-11,13H,12H2,1H3,(H,22,23). The lowest BCUT2D eigenvalue weighted by Gasteiger charge is -2.13. The third-order valence-corrected chi connectivity index (χ3v) is 3.95. The highest BCUT2D eigenvalue weighted by Crippen LogP contribution is 2.21. The molecule has 4 nitrogen and oxygen atoms in total. The first-order valence-electron chi connectivity index (χ1n) is 7.60. The first-order valence-corrected chi connectivity index (χ1v) is 8.35. The Morgan fingerprint density at radius 3 is 2.56 bits per heavy atom. The van der Waals surface area contributed by atoms with Crippen molar-refractivity contribution in [2.45, 2.75) is 13.0 Å². The summed E-state index contributed by atoms with van der Waals surface area (Å²) >= 11 is 11.8. The molecule has 0 aromatic heterocycles. The number of nitrogens with one attached hydrogen (secondary N) is 1. The van der Waals surface area contributed by atoms with E-state index in [1.807, 2.05) is 37.3 Å². The van der Waals surface area contributed by atoms with Crippen LogP contribution in [0.15, 0.2) is 54.6 Å². The van der Waals surface area contributed by atoms with Crippen LogP contribution in [0.5, 0.6) is 0 Å². The largest absolute Gasteiger partial charge is 0.452 e. The molecular formula is C19H17Cl2NO3. The van der Waals surface area contributed by atoms with Crippen molar-refractivity contribution in [1.29, 1.82) is 0 Å². The van der Waals surface area contributed by atoms with Crippen molar-refractivity contribution in [2.24, 2.45) is 0 Å². The number of carbonyl (C=O) groups is 2. The maximum Gasteiger partial charge on any atom is 0.331 e. The predicted octanol–water partition coefficient (Wildman–Crippen LogP) is 4.43. The van der Waals surface area contributed by atoms with Gasteiger partial charge in [-0.15, -0.1) is 0 Å². The van der Waals surface area contributed by atoms with Gasteiger partial charge in [0.05, 0.1) is 6.04 Å². The van der Waals surface area contributed by atoms with Crippen molar-refractivity contribution < 1.29 is 14.3 Å². The average molecular weight is 378 g/mol. The van der Waals surface area contributed by atoms with E-state index in [1.54, 1.807) is 18.2 Å². The van der Waals surface area contributed by atoms with Gasteiger partial charge in [0, 0.05) is 16.1 Å². The third kappa shape index (κ3) is 6.25. The zero-order valence-corrected chi connectivity index (χ0v) is 15.1. The molecule has 1 atom stereocenters. The summed E-state index contributed by atoms with van der Waals surface area (Å²) in [5.74, 6) is -1.00. The molecule has 0 aliphatic rings. The van der Waals surface area contributed by atoms with Crippen molar-refractivity contribution in [3.63, 3.8) is 0 Å². The summed E-state index contributed by atoms with van der Waals surface area (Å²) in [6.07, 6.45) is 2.72. The van der Waals surface area contributed by atoms with Crippen molar-refractivity contribution >= 4 is 41.2 Å². The van der Waals surface area contributed by atoms with Gasteiger partial charge in [-0.05, 0) is 36.3 Å². The minimum absolute atomic E-state index is 0.171. The Bertz CT molecular complexity index is 775. The molecule has 0 bridgehead atoms. The van der Waals surface area contributed by atoms with Crippen LogP contribution in [0.25, 0.3) is 6.08 Å². The second kappa shape index (κ2) is 9.25. The monoisotopic (exact) mass is 377 g/mol. The summed E-state index contributed by atoms with van der Waals surface area (Å²) in [4.78, 5) is 23.5. The molecule has 0 saturated carbocycles. The summed E-state index contributed by atoms with van der Waals surface area (Å²) in [5.41, 5.74) is 1.60. The Kier molecular flexibility index (Phi) is 7.04. The molecule has 2 aromatic carbocycles. The number of benzene rings is 2. The van der Waals surface area contributed by atoms with Crippen LogP contribution in [0.4, 0.5) is 0 Å². The zero-order chi connectivity index (χ0) is 18.2. The van der Waals surface area contributed by atoms with Gasteiger partial charge in [-0.3, -0.25) is 4.79 Å². The van der Waals surface area contributed by atoms with Crippen LogP contribution in [0, 0.1) is 0 Å². The first-order chi connectivity index (χ1) is 12.0. The highest BCUT2D eigenvalue weighted by atomic mass is 35.5. The highest BCUT2D eigenvalue weighted by molar-refractivity contribution is 6.35. The second-order valence-corrected chi connectivity index (χ2v) is 6.15. The molecular weight excluding hydrogens is 361 g/mol. The molecule has 1 amide bonds. The van der Waals surface area contributed by atoms with E-state index in [1.165, 1.54) is 12.2 Å². The van der Waals surface area contributed by atoms with Gasteiger partial charge in [0.1, 0.15) is 0 Å². The van der Waals surface area contributed by atoms with Gasteiger partial charge < -0.3 is 10.1 Å². The molecule has 6 heteroatoms. The SMILES string of the molecule is CC(NC(=O)COC(=O)C=Cc1ccc(Cl)cc1Cl)c1ccccc1. The molecule has 2 aromatic rings. The summed E-state index contributed by atoms with van der Waals surface area (Å²) in [5, 5.41) is 3.70. The Hall–Kier alpha value is -2.30. The smallest absolute Gasteiger partial charge is 0.331 e. The number of carbonyl (C=O) groups excluding carboxylic acids is 2. The van der Waals surface area contributed by atoms with E-state index in [-0.39, 0.29) is 18.6 Å². The maximum absolute atomic E-state index is 11.8. The maximum atomic E-state index is 11.8. The molecule has 1 unspecified atom stereocenters. The molecule has 0 radical (unpaired) electrons. The number of ether oxygens (including phenoxy) is 1. The minimum Gasteiger partial charge on any atom is -0.452 e. The van der Waals surface area contributed by atoms with Gasteiger partial charge in [0.15, 0.2) is 6.61 Å². The van der Waals surface area contributed by atoms with Gasteiger partial charge in [-0.25, -0.2) is 4.79 Å². The fourth-order valence-electron chi connectivity index (χ4n) is 2.09. The van der Waals surface area contributed by atoms with Crippen LogP contribution in [0.2, 0.25) is 10.0 Å². The van der Waals surface area contributed by atoms with Crippen LogP contribution < -0.4 is 5.32 Å². The van der Waals surface area contributed by atoms with Gasteiger partial charge in [-0.2, -0.15) is 0 Å². The lowest BCUT2D eigenvalue weighted by molar-refractivity contribution is -0.144. The zero-order valence-electron chi connectivity index (χ0n) is 13.5. The normalized spacial score (nSPS) is 12.0. The quantitative estimate of drug-likeness (QED) is 0.598. The summed E-state index contributed by atoms with van der Waals surface area (Å²) in [7, 11) is 0. The van der Waals surface area contributed by atoms with E-state index < -0.39 is 5.97 Å². The van der Waals surface area contributed by atoms with Crippen LogP contribution >= 0.6 is 23.2 Å². The molecule has 130 valence electrons. The molecule has 0 fully saturated rings. The molecule has 25 heavy (non-hydrogen) atoms. The molecule has 0 spiro atoms. The fourth-order valence-corrected chi connectivity index (χ4v) is 2.56. The van der Waals surface area contributed by atoms with E-state index in [0.717, 1.165) is 5.56 Å². The Morgan fingerprint density at radius 1 is 1.16 bits per heavy atom. The number of halogens is 2. The van der Waals surface area contributed by atoms with Gasteiger partial charge in [0.2, 0.25) is 0 Å². The van der Waals surface area contributed by atoms with Crippen LogP contribution in [0.3, 0.4) is 0 Å². The van der Waals surface area contributed by atoms with Crippen LogP contribution in [0.1, 0.15) is 24.1 Å². The summed E-state index contributed by atoms with van der Waals surface area (Å²) in [6.45, 7) is 1.51. The molecule has 2 rings (SSSR count). The molecule has 0 saturated heterocycles. The van der Waals surface area contributed by atoms with E-state index in [0.29, 0.717) is 15.6 Å². The van der Waals surface area contributed by atoms with Gasteiger partial charge >= 0.3 is 5.97 Å². The van der Waals surface area contributed by atoms with Gasteiger partial charge in [-0.1, -0.05) is 59.6 Å². The van der Waals surface area contributed by atoms with Crippen LogP contribution in [-0.2, 0) is 14.3 Å². The predicted molar refractivity (Wildman–Crippen MR) is 99.5 cm³/mol. The number of amides is 1. The van der Waals surface area contributed by atoms with E-state index in [9.17, 15) is 9.59 Å². The van der Waals surface area contributed by atoms with Crippen molar-refractivity contribution in [3.05, 3.63) is 75.8 Å². The van der Waals surface area contributed by atoms with E-state index >= 15 is 0 Å². The summed E-state index contributed by atoms with van der Waals surface area (Å²) in [6, 6.07) is 14.3. The molecule has 0 heterocycles. The molecule has 0 aliphatic heterocycles. The lowest BCUT2D eigenvalue weighted by atomic mass is 10.1. The van der Waals surface area contributed by atoms with E-state index in [2.05, 4.69) is 5.32 Å². The Balaban J connectivity index is 1.81. The minimum atomic E-state index is -0.631. The topological polar surface area (TPSA) is 55.4 Å². The summed E-state index contributed by atoms with van der Waals surface area (Å²) < 4.78 is 4.92. The van der Waals surface area contributed by atoms with Crippen LogP contribution in [-0.4, -0.2) is 18.5 Å². The number of esters is 1. The van der Waals surface area contributed by atoms with Crippen molar-refractivity contribution in [3.8, 4) is 0 Å². The first kappa shape index (κ1) is 19.0. The molecule has 0 aliphatic carbocycles. The van der Waals surface area contributed by atoms with Crippen molar-refractivity contribution in [1.82, 2.24) is 5.32 Å². The highest BCUT2D eigenvalue weighted by Gasteiger charge is 2.10. The van der Waals surface area contributed by atoms with Gasteiger partial charge in [0.25, 0.3) is 5.91 Å². The third-order valence-electron chi connectivity index (χ3n) is 3.38. The average Bonchev–Trinajstić information content (AvgIpc) is 2.60. The second-order valence-electron chi connectivity index (χ2n) is 5.31. The Labute approximate surface area is 156 Å². The number of rotatable bonds is 6. The van der Waals surface area contributed by atoms with Crippen molar-refractivity contribution in [2.75, 3.05) is 6.61 Å². The Morgan fingerprint density at radius 2 is 1.88 bits per heavy atom. The molecule has 1 N–H and O–H groups in total. The van der Waals surface area contributed by atoms with E-state index in [4.69, 9.17) is 27.9 Å².